The zero-order chi connectivity index (χ0) is 14.4. The molecule has 2 nitrogen and oxygen atoms in total. The van der Waals surface area contributed by atoms with Crippen molar-refractivity contribution < 1.29 is 4.74 Å². The molecule has 2 aromatic carbocycles. The van der Waals surface area contributed by atoms with Crippen LogP contribution in [0.15, 0.2) is 42.5 Å². The third-order valence-electron chi connectivity index (χ3n) is 3.33. The number of nitrogens with zero attached hydrogens (tertiary/aromatic N) is 1. The van der Waals surface area contributed by atoms with Gasteiger partial charge in [-0.15, -0.1) is 0 Å². The van der Waals surface area contributed by atoms with E-state index in [1.54, 1.807) is 0 Å². The lowest BCUT2D eigenvalue weighted by Gasteiger charge is -2.09. The van der Waals surface area contributed by atoms with Crippen molar-refractivity contribution in [2.75, 3.05) is 0 Å². The van der Waals surface area contributed by atoms with Crippen molar-refractivity contribution >= 4 is 0 Å². The van der Waals surface area contributed by atoms with Crippen molar-refractivity contribution in [2.24, 2.45) is 0 Å². The van der Waals surface area contributed by atoms with Gasteiger partial charge in [0.05, 0.1) is 11.6 Å². The molecule has 2 aromatic rings. The number of aryl methyl sites for hydroxylation is 2. The summed E-state index contributed by atoms with van der Waals surface area (Å²) in [4.78, 5) is 0. The molecule has 0 bridgehead atoms. The zero-order valence-corrected chi connectivity index (χ0v) is 12.0. The smallest absolute Gasteiger partial charge is 0.119 e. The predicted molar refractivity (Wildman–Crippen MR) is 80.7 cm³/mol. The molecule has 0 atom stereocenters. The average Bonchev–Trinajstić information content (AvgIpc) is 2.48. The molecule has 2 heteroatoms. The van der Waals surface area contributed by atoms with E-state index < -0.39 is 0 Å². The number of ether oxygens (including phenoxy) is 1. The number of hydrogen-bond donors (Lipinski definition) is 0. The Balaban J connectivity index is 2.00. The van der Waals surface area contributed by atoms with E-state index in [1.165, 1.54) is 5.56 Å². The van der Waals surface area contributed by atoms with Gasteiger partial charge in [-0.3, -0.25) is 0 Å². The fourth-order valence-electron chi connectivity index (χ4n) is 2.13. The quantitative estimate of drug-likeness (QED) is 0.802. The Hall–Kier alpha value is -2.27. The van der Waals surface area contributed by atoms with Gasteiger partial charge in [0, 0.05) is 0 Å². The first-order valence-corrected chi connectivity index (χ1v) is 6.94. The first-order valence-electron chi connectivity index (χ1n) is 6.94. The van der Waals surface area contributed by atoms with E-state index in [-0.39, 0.29) is 0 Å². The highest BCUT2D eigenvalue weighted by Crippen LogP contribution is 2.17. The lowest BCUT2D eigenvalue weighted by atomic mass is 10.1. The maximum absolute atomic E-state index is 8.85. The van der Waals surface area contributed by atoms with E-state index in [0.29, 0.717) is 12.2 Å². The lowest BCUT2D eigenvalue weighted by Crippen LogP contribution is -1.98. The van der Waals surface area contributed by atoms with Crippen molar-refractivity contribution in [3.8, 4) is 11.8 Å². The normalized spacial score (nSPS) is 10.1. The monoisotopic (exact) mass is 265 g/mol. The van der Waals surface area contributed by atoms with E-state index in [9.17, 15) is 0 Å². The second kappa shape index (κ2) is 6.77. The van der Waals surface area contributed by atoms with Crippen LogP contribution in [-0.2, 0) is 13.0 Å². The standard InChI is InChI=1S/C18H19NO/c1-3-4-15-6-9-18(10-7-15)20-13-17-8-5-16(12-19)11-14(17)2/h5-11H,3-4,13H2,1-2H3. The molecule has 0 N–H and O–H groups in total. The summed E-state index contributed by atoms with van der Waals surface area (Å²) in [5, 5.41) is 8.85. The Kier molecular flexibility index (Phi) is 4.79. The molecule has 2 rings (SSSR count). The second-order valence-electron chi connectivity index (χ2n) is 4.94. The largest absolute Gasteiger partial charge is 0.489 e. The van der Waals surface area contributed by atoms with Gasteiger partial charge in [-0.05, 0) is 54.3 Å². The van der Waals surface area contributed by atoms with Crippen molar-refractivity contribution in [2.45, 2.75) is 33.3 Å². The van der Waals surface area contributed by atoms with Gasteiger partial charge in [0.2, 0.25) is 0 Å². The molecule has 20 heavy (non-hydrogen) atoms. The van der Waals surface area contributed by atoms with Gasteiger partial charge in [-0.25, -0.2) is 0 Å². The summed E-state index contributed by atoms with van der Waals surface area (Å²) < 4.78 is 5.80. The minimum atomic E-state index is 0.532. The highest BCUT2D eigenvalue weighted by Gasteiger charge is 2.02. The van der Waals surface area contributed by atoms with Crippen LogP contribution in [0.4, 0.5) is 0 Å². The molecule has 0 aliphatic carbocycles. The molecule has 0 unspecified atom stereocenters. The summed E-state index contributed by atoms with van der Waals surface area (Å²) >= 11 is 0. The molecular formula is C18H19NO. The molecule has 0 aromatic heterocycles. The van der Waals surface area contributed by atoms with Crippen LogP contribution in [0.1, 0.15) is 35.6 Å². The van der Waals surface area contributed by atoms with E-state index in [4.69, 9.17) is 10.00 Å². The minimum Gasteiger partial charge on any atom is -0.489 e. The Bertz CT molecular complexity index is 608. The highest BCUT2D eigenvalue weighted by atomic mass is 16.5. The van der Waals surface area contributed by atoms with Crippen LogP contribution in [0.2, 0.25) is 0 Å². The Morgan fingerprint density at radius 3 is 2.45 bits per heavy atom. The van der Waals surface area contributed by atoms with Crippen molar-refractivity contribution in [1.29, 1.82) is 5.26 Å². The summed E-state index contributed by atoms with van der Waals surface area (Å²) in [5.74, 6) is 0.883. The van der Waals surface area contributed by atoms with Crippen LogP contribution in [0, 0.1) is 18.3 Å². The molecule has 0 saturated heterocycles. The third-order valence-corrected chi connectivity index (χ3v) is 3.33. The SMILES string of the molecule is CCCc1ccc(OCc2ccc(C#N)cc2C)cc1. The molecule has 102 valence electrons. The first-order chi connectivity index (χ1) is 9.72. The molecule has 0 saturated carbocycles. The van der Waals surface area contributed by atoms with Crippen molar-refractivity contribution in [1.82, 2.24) is 0 Å². The fraction of sp³-hybridized carbons (Fsp3) is 0.278. The van der Waals surface area contributed by atoms with Crippen LogP contribution in [0.5, 0.6) is 5.75 Å². The van der Waals surface area contributed by atoms with Gasteiger partial charge in [0.25, 0.3) is 0 Å². The molecule has 0 aliphatic heterocycles. The van der Waals surface area contributed by atoms with Crippen molar-refractivity contribution in [3.05, 3.63) is 64.7 Å². The van der Waals surface area contributed by atoms with Gasteiger partial charge in [0.1, 0.15) is 12.4 Å². The number of hydrogen-bond acceptors (Lipinski definition) is 2. The van der Waals surface area contributed by atoms with Gasteiger partial charge >= 0.3 is 0 Å². The summed E-state index contributed by atoms with van der Waals surface area (Å²) in [7, 11) is 0. The summed E-state index contributed by atoms with van der Waals surface area (Å²) in [6.45, 7) is 4.71. The molecule has 0 spiro atoms. The van der Waals surface area contributed by atoms with Crippen LogP contribution in [0.25, 0.3) is 0 Å². The first kappa shape index (κ1) is 14.1. The number of nitriles is 1. The Morgan fingerprint density at radius 1 is 1.10 bits per heavy atom. The lowest BCUT2D eigenvalue weighted by molar-refractivity contribution is 0.305. The molecule has 0 heterocycles. The van der Waals surface area contributed by atoms with Crippen LogP contribution in [-0.4, -0.2) is 0 Å². The van der Waals surface area contributed by atoms with Crippen molar-refractivity contribution in [3.63, 3.8) is 0 Å². The molecule has 0 aliphatic rings. The summed E-state index contributed by atoms with van der Waals surface area (Å²) in [5.41, 5.74) is 4.23. The zero-order valence-electron chi connectivity index (χ0n) is 12.0. The molecular weight excluding hydrogens is 246 g/mol. The maximum Gasteiger partial charge on any atom is 0.119 e. The summed E-state index contributed by atoms with van der Waals surface area (Å²) in [6.07, 6.45) is 2.26. The van der Waals surface area contributed by atoms with Crippen LogP contribution >= 0.6 is 0 Å². The highest BCUT2D eigenvalue weighted by molar-refractivity contribution is 5.37. The van der Waals surface area contributed by atoms with E-state index in [2.05, 4.69) is 25.1 Å². The van der Waals surface area contributed by atoms with Gasteiger partial charge in [0.15, 0.2) is 0 Å². The third kappa shape index (κ3) is 3.61. The number of rotatable bonds is 5. The minimum absolute atomic E-state index is 0.532. The van der Waals surface area contributed by atoms with Gasteiger partial charge in [-0.1, -0.05) is 31.5 Å². The Labute approximate surface area is 120 Å². The maximum atomic E-state index is 8.85. The van der Waals surface area contributed by atoms with Crippen LogP contribution < -0.4 is 4.74 Å². The second-order valence-corrected chi connectivity index (χ2v) is 4.94. The summed E-state index contributed by atoms with van der Waals surface area (Å²) in [6, 6.07) is 16.1. The van der Waals surface area contributed by atoms with E-state index in [1.807, 2.05) is 37.3 Å². The van der Waals surface area contributed by atoms with Gasteiger partial charge < -0.3 is 4.74 Å². The molecule has 0 radical (unpaired) electrons. The van der Waals surface area contributed by atoms with Crippen LogP contribution in [0.3, 0.4) is 0 Å². The van der Waals surface area contributed by atoms with E-state index >= 15 is 0 Å². The predicted octanol–water partition coefficient (Wildman–Crippen LogP) is 4.40. The van der Waals surface area contributed by atoms with Gasteiger partial charge in [-0.2, -0.15) is 5.26 Å². The number of benzene rings is 2. The Morgan fingerprint density at radius 2 is 1.85 bits per heavy atom. The molecule has 0 amide bonds. The van der Waals surface area contributed by atoms with E-state index in [0.717, 1.165) is 29.7 Å². The molecule has 0 fully saturated rings. The fourth-order valence-corrected chi connectivity index (χ4v) is 2.13. The topological polar surface area (TPSA) is 33.0 Å². The average molecular weight is 265 g/mol.